The number of ether oxygens (including phenoxy) is 1. The molecule has 0 unspecified atom stereocenters. The molecule has 5 nitrogen and oxygen atoms in total. The van der Waals surface area contributed by atoms with Gasteiger partial charge < -0.3 is 15.4 Å². The Bertz CT molecular complexity index is 948. The summed E-state index contributed by atoms with van der Waals surface area (Å²) in [6, 6.07) is 11.2. The van der Waals surface area contributed by atoms with Crippen molar-refractivity contribution in [3.8, 4) is 5.75 Å². The van der Waals surface area contributed by atoms with Gasteiger partial charge in [0.2, 0.25) is 0 Å². The van der Waals surface area contributed by atoms with Crippen LogP contribution in [0.1, 0.15) is 16.1 Å². The van der Waals surface area contributed by atoms with E-state index in [9.17, 15) is 13.6 Å². The van der Waals surface area contributed by atoms with Gasteiger partial charge in [-0.25, -0.2) is 4.98 Å². The van der Waals surface area contributed by atoms with Crippen molar-refractivity contribution in [2.75, 3.05) is 10.6 Å². The minimum Gasteiger partial charge on any atom is -0.435 e. The van der Waals surface area contributed by atoms with Crippen LogP contribution < -0.4 is 15.4 Å². The Kier molecular flexibility index (Phi) is 5.88. The summed E-state index contributed by atoms with van der Waals surface area (Å²) in [5.74, 6) is -0.294. The minimum atomic E-state index is -2.87. The van der Waals surface area contributed by atoms with Crippen molar-refractivity contribution in [3.63, 3.8) is 0 Å². The minimum absolute atomic E-state index is 0.0617. The molecule has 0 aliphatic heterocycles. The molecule has 0 radical (unpaired) electrons. The summed E-state index contributed by atoms with van der Waals surface area (Å²) in [7, 11) is 0. The SMILES string of the molecule is Cc1c(Cl)cccc1NC(=O)c1csc(Nc2ccc(OC(F)F)cc2)n1. The lowest BCUT2D eigenvalue weighted by Crippen LogP contribution is -2.13. The second-order valence-corrected chi connectivity index (χ2v) is 6.70. The summed E-state index contributed by atoms with van der Waals surface area (Å²) < 4.78 is 28.6. The van der Waals surface area contributed by atoms with E-state index < -0.39 is 6.61 Å². The number of halogens is 3. The first-order valence-corrected chi connectivity index (χ1v) is 9.02. The maximum absolute atomic E-state index is 12.4. The smallest absolute Gasteiger partial charge is 0.387 e. The molecule has 3 rings (SSSR count). The number of benzene rings is 2. The third-order valence-electron chi connectivity index (χ3n) is 3.58. The van der Waals surface area contributed by atoms with Gasteiger partial charge in [-0.1, -0.05) is 17.7 Å². The van der Waals surface area contributed by atoms with Gasteiger partial charge in [-0.05, 0) is 48.9 Å². The molecular weight excluding hydrogens is 396 g/mol. The summed E-state index contributed by atoms with van der Waals surface area (Å²) in [6.07, 6.45) is 0. The predicted octanol–water partition coefficient (Wildman–Crippen LogP) is 5.70. The van der Waals surface area contributed by atoms with Gasteiger partial charge in [-0.15, -0.1) is 11.3 Å². The molecule has 3 aromatic rings. The maximum atomic E-state index is 12.4. The van der Waals surface area contributed by atoms with Crippen molar-refractivity contribution in [1.82, 2.24) is 4.98 Å². The molecule has 140 valence electrons. The van der Waals surface area contributed by atoms with E-state index in [2.05, 4.69) is 20.4 Å². The first kappa shape index (κ1) is 19.1. The lowest BCUT2D eigenvalue weighted by atomic mass is 10.2. The average molecular weight is 410 g/mol. The lowest BCUT2D eigenvalue weighted by Gasteiger charge is -2.08. The first-order chi connectivity index (χ1) is 12.9. The molecule has 0 spiro atoms. The zero-order valence-corrected chi connectivity index (χ0v) is 15.6. The predicted molar refractivity (Wildman–Crippen MR) is 103 cm³/mol. The molecule has 1 heterocycles. The van der Waals surface area contributed by atoms with Gasteiger partial charge in [0, 0.05) is 21.8 Å². The number of aromatic nitrogens is 1. The molecule has 0 aliphatic rings. The summed E-state index contributed by atoms with van der Waals surface area (Å²) in [4.78, 5) is 16.6. The van der Waals surface area contributed by atoms with Crippen LogP contribution in [0.25, 0.3) is 0 Å². The normalized spacial score (nSPS) is 10.7. The molecule has 0 saturated carbocycles. The Morgan fingerprint density at radius 1 is 1.22 bits per heavy atom. The fraction of sp³-hybridized carbons (Fsp3) is 0.111. The van der Waals surface area contributed by atoms with E-state index in [1.54, 1.807) is 35.7 Å². The second-order valence-electron chi connectivity index (χ2n) is 5.43. The quantitative estimate of drug-likeness (QED) is 0.548. The Morgan fingerprint density at radius 2 is 1.96 bits per heavy atom. The van der Waals surface area contributed by atoms with E-state index in [0.717, 1.165) is 5.56 Å². The van der Waals surface area contributed by atoms with Crippen molar-refractivity contribution in [3.05, 3.63) is 64.1 Å². The zero-order chi connectivity index (χ0) is 19.4. The number of thiazole rings is 1. The molecule has 0 bridgehead atoms. The summed E-state index contributed by atoms with van der Waals surface area (Å²) in [5.41, 5.74) is 2.26. The van der Waals surface area contributed by atoms with Crippen LogP contribution in [0.3, 0.4) is 0 Å². The average Bonchev–Trinajstić information content (AvgIpc) is 3.09. The van der Waals surface area contributed by atoms with Crippen LogP contribution >= 0.6 is 22.9 Å². The van der Waals surface area contributed by atoms with E-state index in [1.165, 1.54) is 23.5 Å². The fourth-order valence-corrected chi connectivity index (χ4v) is 3.09. The van der Waals surface area contributed by atoms with Gasteiger partial charge in [0.1, 0.15) is 11.4 Å². The lowest BCUT2D eigenvalue weighted by molar-refractivity contribution is -0.0498. The fourth-order valence-electron chi connectivity index (χ4n) is 2.21. The van der Waals surface area contributed by atoms with E-state index in [-0.39, 0.29) is 17.4 Å². The van der Waals surface area contributed by atoms with Crippen LogP contribution in [0.2, 0.25) is 5.02 Å². The molecule has 0 fully saturated rings. The largest absolute Gasteiger partial charge is 0.435 e. The van der Waals surface area contributed by atoms with Gasteiger partial charge >= 0.3 is 6.61 Å². The van der Waals surface area contributed by atoms with Crippen LogP contribution in [0.4, 0.5) is 25.3 Å². The van der Waals surface area contributed by atoms with Crippen LogP contribution in [-0.2, 0) is 0 Å². The highest BCUT2D eigenvalue weighted by molar-refractivity contribution is 7.14. The molecule has 9 heteroatoms. The van der Waals surface area contributed by atoms with Crippen molar-refractivity contribution < 1.29 is 18.3 Å². The highest BCUT2D eigenvalue weighted by Gasteiger charge is 2.13. The van der Waals surface area contributed by atoms with E-state index in [1.807, 2.05) is 6.92 Å². The van der Waals surface area contributed by atoms with Crippen LogP contribution in [0.15, 0.2) is 47.8 Å². The van der Waals surface area contributed by atoms with Crippen LogP contribution in [-0.4, -0.2) is 17.5 Å². The summed E-state index contributed by atoms with van der Waals surface area (Å²) in [5, 5.41) is 8.45. The Hall–Kier alpha value is -2.71. The third kappa shape index (κ3) is 4.93. The zero-order valence-electron chi connectivity index (χ0n) is 14.0. The summed E-state index contributed by atoms with van der Waals surface area (Å²) >= 11 is 7.30. The van der Waals surface area contributed by atoms with Gasteiger partial charge in [0.15, 0.2) is 5.13 Å². The Labute approximate surface area is 163 Å². The van der Waals surface area contributed by atoms with Crippen LogP contribution in [0.5, 0.6) is 5.75 Å². The number of rotatable bonds is 6. The van der Waals surface area contributed by atoms with E-state index in [4.69, 9.17) is 11.6 Å². The maximum Gasteiger partial charge on any atom is 0.387 e. The van der Waals surface area contributed by atoms with Gasteiger partial charge in [-0.2, -0.15) is 8.78 Å². The monoisotopic (exact) mass is 409 g/mol. The van der Waals surface area contributed by atoms with E-state index in [0.29, 0.717) is 21.5 Å². The number of anilines is 3. The first-order valence-electron chi connectivity index (χ1n) is 7.76. The molecule has 1 amide bonds. The highest BCUT2D eigenvalue weighted by atomic mass is 35.5. The van der Waals surface area contributed by atoms with Crippen molar-refractivity contribution in [2.24, 2.45) is 0 Å². The number of nitrogens with one attached hydrogen (secondary N) is 2. The highest BCUT2D eigenvalue weighted by Crippen LogP contribution is 2.26. The van der Waals surface area contributed by atoms with Gasteiger partial charge in [-0.3, -0.25) is 4.79 Å². The Morgan fingerprint density at radius 3 is 2.67 bits per heavy atom. The number of alkyl halides is 2. The molecule has 0 saturated heterocycles. The molecule has 27 heavy (non-hydrogen) atoms. The van der Waals surface area contributed by atoms with Crippen molar-refractivity contribution in [2.45, 2.75) is 13.5 Å². The molecule has 0 aliphatic carbocycles. The van der Waals surface area contributed by atoms with Crippen LogP contribution in [0, 0.1) is 6.92 Å². The molecule has 2 N–H and O–H groups in total. The second kappa shape index (κ2) is 8.32. The number of carbonyl (C=O) groups is 1. The van der Waals surface area contributed by atoms with Crippen molar-refractivity contribution >= 4 is 45.4 Å². The number of hydrogen-bond acceptors (Lipinski definition) is 5. The molecule has 0 atom stereocenters. The number of amides is 1. The standard InChI is InChI=1S/C18H14ClF2N3O2S/c1-10-13(19)3-2-4-14(10)23-16(25)15-9-27-18(24-15)22-11-5-7-12(8-6-11)26-17(20)21/h2-9,17H,1H3,(H,22,24)(H,23,25). The Balaban J connectivity index is 1.65. The molecule has 1 aromatic heterocycles. The molecular formula is C18H14ClF2N3O2S. The van der Waals surface area contributed by atoms with E-state index >= 15 is 0 Å². The van der Waals surface area contributed by atoms with Gasteiger partial charge in [0.25, 0.3) is 5.91 Å². The van der Waals surface area contributed by atoms with Crippen molar-refractivity contribution in [1.29, 1.82) is 0 Å². The summed E-state index contributed by atoms with van der Waals surface area (Å²) in [6.45, 7) is -1.06. The third-order valence-corrected chi connectivity index (χ3v) is 4.75. The number of nitrogens with zero attached hydrogens (tertiary/aromatic N) is 1. The molecule has 2 aromatic carbocycles. The number of carbonyl (C=O) groups excluding carboxylic acids is 1. The topological polar surface area (TPSA) is 63.2 Å². The number of hydrogen-bond donors (Lipinski definition) is 2. The van der Waals surface area contributed by atoms with Gasteiger partial charge in [0.05, 0.1) is 0 Å².